The first-order chi connectivity index (χ1) is 8.61. The molecule has 18 heavy (non-hydrogen) atoms. The fourth-order valence-corrected chi connectivity index (χ4v) is 1.69. The highest BCUT2D eigenvalue weighted by molar-refractivity contribution is 5.97. The molecule has 0 aliphatic rings. The van der Waals surface area contributed by atoms with Gasteiger partial charge in [0.15, 0.2) is 0 Å². The average molecular weight is 245 g/mol. The molecule has 1 aromatic heterocycles. The van der Waals surface area contributed by atoms with Gasteiger partial charge in [0.2, 0.25) is 0 Å². The molecule has 5 heteroatoms. The van der Waals surface area contributed by atoms with Gasteiger partial charge in [-0.1, -0.05) is 0 Å². The highest BCUT2D eigenvalue weighted by Crippen LogP contribution is 2.21. The molecule has 5 nitrogen and oxygen atoms in total. The molecule has 0 bridgehead atoms. The Morgan fingerprint density at radius 1 is 1.33 bits per heavy atom. The van der Waals surface area contributed by atoms with E-state index in [2.05, 4.69) is 20.0 Å². The molecule has 0 aliphatic carbocycles. The third-order valence-electron chi connectivity index (χ3n) is 2.48. The number of nitrogens with one attached hydrogen (secondary N) is 1. The summed E-state index contributed by atoms with van der Waals surface area (Å²) in [6.45, 7) is 4.08. The van der Waals surface area contributed by atoms with Gasteiger partial charge in [-0.15, -0.1) is 0 Å². The molecule has 0 atom stereocenters. The number of hydrogen-bond donors (Lipinski definition) is 1. The minimum Gasteiger partial charge on any atom is -0.465 e. The van der Waals surface area contributed by atoms with E-state index in [0.29, 0.717) is 5.56 Å². The average Bonchev–Trinajstić information content (AvgIpc) is 2.37. The zero-order chi connectivity index (χ0) is 13.1. The van der Waals surface area contributed by atoms with Gasteiger partial charge in [-0.2, -0.15) is 0 Å². The number of methoxy groups -OCH3 is 1. The molecular formula is C13H15N3O2. The number of carbonyl (C=O) groups is 1. The summed E-state index contributed by atoms with van der Waals surface area (Å²) >= 11 is 0. The van der Waals surface area contributed by atoms with Crippen molar-refractivity contribution in [2.24, 2.45) is 0 Å². The lowest BCUT2D eigenvalue weighted by atomic mass is 10.1. The summed E-state index contributed by atoms with van der Waals surface area (Å²) in [6.07, 6.45) is 1.48. The molecule has 2 rings (SSSR count). The molecule has 1 N–H and O–H groups in total. The quantitative estimate of drug-likeness (QED) is 0.840. The van der Waals surface area contributed by atoms with Crippen LogP contribution in [0.15, 0.2) is 24.5 Å². The second-order valence-electron chi connectivity index (χ2n) is 4.24. The molecular weight excluding hydrogens is 230 g/mol. The van der Waals surface area contributed by atoms with Crippen LogP contribution in [-0.2, 0) is 4.74 Å². The second kappa shape index (κ2) is 5.00. The third kappa shape index (κ3) is 2.40. The van der Waals surface area contributed by atoms with Crippen molar-refractivity contribution in [3.05, 3.63) is 30.1 Å². The SMILES string of the molecule is COC(=O)c1ccc2c(NC(C)C)ncnc2c1. The minimum atomic E-state index is -0.367. The van der Waals surface area contributed by atoms with E-state index in [9.17, 15) is 4.79 Å². The van der Waals surface area contributed by atoms with Crippen molar-refractivity contribution in [1.29, 1.82) is 0 Å². The van der Waals surface area contributed by atoms with Gasteiger partial charge in [0.25, 0.3) is 0 Å². The maximum Gasteiger partial charge on any atom is 0.337 e. The van der Waals surface area contributed by atoms with E-state index in [1.807, 2.05) is 19.9 Å². The van der Waals surface area contributed by atoms with Crippen molar-refractivity contribution in [1.82, 2.24) is 9.97 Å². The molecule has 0 spiro atoms. The van der Waals surface area contributed by atoms with Crippen molar-refractivity contribution in [2.45, 2.75) is 19.9 Å². The summed E-state index contributed by atoms with van der Waals surface area (Å²) in [5, 5.41) is 4.13. The molecule has 2 aromatic rings. The van der Waals surface area contributed by atoms with Crippen LogP contribution in [0.4, 0.5) is 5.82 Å². The molecule has 0 radical (unpaired) electrons. The lowest BCUT2D eigenvalue weighted by Crippen LogP contribution is -2.11. The minimum absolute atomic E-state index is 0.281. The molecule has 0 saturated carbocycles. The topological polar surface area (TPSA) is 64.1 Å². The van der Waals surface area contributed by atoms with Gasteiger partial charge in [0, 0.05) is 11.4 Å². The molecule has 1 aromatic carbocycles. The standard InChI is InChI=1S/C13H15N3O2/c1-8(2)16-12-10-5-4-9(13(17)18-3)6-11(10)14-7-15-12/h4-8H,1-3H3,(H,14,15,16). The van der Waals surface area contributed by atoms with E-state index >= 15 is 0 Å². The van der Waals surface area contributed by atoms with Crippen LogP contribution in [0.2, 0.25) is 0 Å². The monoisotopic (exact) mass is 245 g/mol. The van der Waals surface area contributed by atoms with Gasteiger partial charge in [-0.3, -0.25) is 0 Å². The van der Waals surface area contributed by atoms with E-state index < -0.39 is 0 Å². The maximum absolute atomic E-state index is 11.4. The number of ether oxygens (including phenoxy) is 1. The Balaban J connectivity index is 2.49. The number of anilines is 1. The van der Waals surface area contributed by atoms with Crippen LogP contribution in [0.3, 0.4) is 0 Å². The van der Waals surface area contributed by atoms with Crippen LogP contribution in [0.1, 0.15) is 24.2 Å². The fraction of sp³-hybridized carbons (Fsp3) is 0.308. The highest BCUT2D eigenvalue weighted by Gasteiger charge is 2.09. The van der Waals surface area contributed by atoms with Crippen LogP contribution in [0.5, 0.6) is 0 Å². The van der Waals surface area contributed by atoms with E-state index in [1.54, 1.807) is 12.1 Å². The van der Waals surface area contributed by atoms with Crippen molar-refractivity contribution >= 4 is 22.7 Å². The zero-order valence-corrected chi connectivity index (χ0v) is 10.6. The Hall–Kier alpha value is -2.17. The van der Waals surface area contributed by atoms with Gasteiger partial charge >= 0.3 is 5.97 Å². The van der Waals surface area contributed by atoms with E-state index in [0.717, 1.165) is 16.7 Å². The summed E-state index contributed by atoms with van der Waals surface area (Å²) in [5.41, 5.74) is 1.20. The third-order valence-corrected chi connectivity index (χ3v) is 2.48. The van der Waals surface area contributed by atoms with Gasteiger partial charge in [-0.05, 0) is 32.0 Å². The predicted molar refractivity (Wildman–Crippen MR) is 69.6 cm³/mol. The molecule has 0 fully saturated rings. The molecule has 0 aliphatic heterocycles. The van der Waals surface area contributed by atoms with E-state index in [-0.39, 0.29) is 12.0 Å². The zero-order valence-electron chi connectivity index (χ0n) is 10.6. The number of fused-ring (bicyclic) bond motifs is 1. The lowest BCUT2D eigenvalue weighted by molar-refractivity contribution is 0.0601. The molecule has 0 amide bonds. The molecule has 0 saturated heterocycles. The summed E-state index contributed by atoms with van der Waals surface area (Å²) in [5.74, 6) is 0.403. The molecule has 1 heterocycles. The lowest BCUT2D eigenvalue weighted by Gasteiger charge is -2.11. The Kier molecular flexibility index (Phi) is 3.41. The Morgan fingerprint density at radius 3 is 2.78 bits per heavy atom. The first-order valence-electron chi connectivity index (χ1n) is 5.71. The van der Waals surface area contributed by atoms with Crippen molar-refractivity contribution < 1.29 is 9.53 Å². The van der Waals surface area contributed by atoms with Gasteiger partial charge in [-0.25, -0.2) is 14.8 Å². The van der Waals surface area contributed by atoms with Crippen LogP contribution >= 0.6 is 0 Å². The maximum atomic E-state index is 11.4. The van der Waals surface area contributed by atoms with E-state index in [1.165, 1.54) is 13.4 Å². The summed E-state index contributed by atoms with van der Waals surface area (Å²) in [4.78, 5) is 19.8. The Labute approximate surface area is 105 Å². The number of aromatic nitrogens is 2. The summed E-state index contributed by atoms with van der Waals surface area (Å²) in [7, 11) is 1.36. The predicted octanol–water partition coefficient (Wildman–Crippen LogP) is 2.24. The fourth-order valence-electron chi connectivity index (χ4n) is 1.69. The van der Waals surface area contributed by atoms with Crippen molar-refractivity contribution in [2.75, 3.05) is 12.4 Å². The normalized spacial score (nSPS) is 10.7. The van der Waals surface area contributed by atoms with Crippen LogP contribution in [0, 0.1) is 0 Å². The first kappa shape index (κ1) is 12.3. The summed E-state index contributed by atoms with van der Waals surface area (Å²) in [6, 6.07) is 5.52. The van der Waals surface area contributed by atoms with E-state index in [4.69, 9.17) is 0 Å². The Morgan fingerprint density at radius 2 is 2.11 bits per heavy atom. The largest absolute Gasteiger partial charge is 0.465 e. The number of carbonyl (C=O) groups excluding carboxylic acids is 1. The number of esters is 1. The highest BCUT2D eigenvalue weighted by atomic mass is 16.5. The second-order valence-corrected chi connectivity index (χ2v) is 4.24. The number of rotatable bonds is 3. The first-order valence-corrected chi connectivity index (χ1v) is 5.71. The van der Waals surface area contributed by atoms with Crippen molar-refractivity contribution in [3.8, 4) is 0 Å². The Bertz CT molecular complexity index is 581. The summed E-state index contributed by atoms with van der Waals surface area (Å²) < 4.78 is 4.68. The van der Waals surface area contributed by atoms with Crippen LogP contribution in [-0.4, -0.2) is 29.1 Å². The van der Waals surface area contributed by atoms with Gasteiger partial charge < -0.3 is 10.1 Å². The number of benzene rings is 1. The molecule has 94 valence electrons. The number of nitrogens with zero attached hydrogens (tertiary/aromatic N) is 2. The number of hydrogen-bond acceptors (Lipinski definition) is 5. The van der Waals surface area contributed by atoms with Crippen molar-refractivity contribution in [3.63, 3.8) is 0 Å². The van der Waals surface area contributed by atoms with Crippen LogP contribution in [0.25, 0.3) is 10.9 Å². The smallest absolute Gasteiger partial charge is 0.337 e. The van der Waals surface area contributed by atoms with Crippen LogP contribution < -0.4 is 5.32 Å². The van der Waals surface area contributed by atoms with Gasteiger partial charge in [0.1, 0.15) is 12.1 Å². The van der Waals surface area contributed by atoms with Gasteiger partial charge in [0.05, 0.1) is 18.2 Å². The molecule has 0 unspecified atom stereocenters.